The van der Waals surface area contributed by atoms with Crippen molar-refractivity contribution in [1.29, 1.82) is 0 Å². The van der Waals surface area contributed by atoms with Gasteiger partial charge in [0.05, 0.1) is 6.10 Å². The van der Waals surface area contributed by atoms with Gasteiger partial charge < -0.3 is 14.9 Å². The Labute approximate surface area is 172 Å². The zero-order valence-electron chi connectivity index (χ0n) is 17.7. The molecule has 4 fully saturated rings. The number of esters is 1. The molecule has 0 aromatic heterocycles. The van der Waals surface area contributed by atoms with E-state index in [0.717, 1.165) is 25.7 Å². The highest BCUT2D eigenvalue weighted by Crippen LogP contribution is 2.67. The number of ether oxygens (including phenoxy) is 1. The van der Waals surface area contributed by atoms with Crippen molar-refractivity contribution in [3.8, 4) is 0 Å². The summed E-state index contributed by atoms with van der Waals surface area (Å²) in [5, 5.41) is 20.9. The SMILES string of the molecule is CC(=O)OC1CC(=O)CC2CC[C@@H]3[C@H]([C@@H](O)C[C@]4(C)[C@@H](C(=O)CO)CC[C@@H]34)[C@]21C. The number of fused-ring (bicyclic) bond motifs is 5. The Hall–Kier alpha value is -1.27. The van der Waals surface area contributed by atoms with Gasteiger partial charge in [-0.05, 0) is 61.2 Å². The highest BCUT2D eigenvalue weighted by atomic mass is 16.5. The first kappa shape index (κ1) is 21.0. The molecule has 0 aromatic carbocycles. The van der Waals surface area contributed by atoms with Gasteiger partial charge in [-0.25, -0.2) is 0 Å². The fraction of sp³-hybridized carbons (Fsp3) is 0.870. The van der Waals surface area contributed by atoms with Crippen molar-refractivity contribution >= 4 is 17.5 Å². The maximum absolute atomic E-state index is 12.4. The molecule has 0 bridgehead atoms. The van der Waals surface area contributed by atoms with Crippen LogP contribution >= 0.6 is 0 Å². The van der Waals surface area contributed by atoms with E-state index in [1.807, 2.05) is 0 Å². The summed E-state index contributed by atoms with van der Waals surface area (Å²) < 4.78 is 5.69. The van der Waals surface area contributed by atoms with Gasteiger partial charge in [-0.15, -0.1) is 0 Å². The smallest absolute Gasteiger partial charge is 0.302 e. The van der Waals surface area contributed by atoms with E-state index in [1.54, 1.807) is 0 Å². The zero-order valence-corrected chi connectivity index (χ0v) is 17.7. The fourth-order valence-corrected chi connectivity index (χ4v) is 8.20. The number of Topliss-reactive ketones (excluding diaryl/α,β-unsaturated/α-hetero) is 2. The lowest BCUT2D eigenvalue weighted by atomic mass is 9.43. The minimum atomic E-state index is -0.604. The Morgan fingerprint density at radius 2 is 1.86 bits per heavy atom. The second-order valence-corrected chi connectivity index (χ2v) is 10.5. The van der Waals surface area contributed by atoms with Gasteiger partial charge in [0.2, 0.25) is 0 Å². The summed E-state index contributed by atoms with van der Waals surface area (Å²) in [6.07, 6.45) is 3.68. The molecule has 0 radical (unpaired) electrons. The molecule has 2 N–H and O–H groups in total. The molecule has 0 aromatic rings. The molecule has 9 atom stereocenters. The van der Waals surface area contributed by atoms with Crippen molar-refractivity contribution in [3.05, 3.63) is 0 Å². The summed E-state index contributed by atoms with van der Waals surface area (Å²) in [6.45, 7) is 5.18. The molecule has 4 aliphatic carbocycles. The van der Waals surface area contributed by atoms with Crippen molar-refractivity contribution in [2.24, 2.45) is 40.4 Å². The zero-order chi connectivity index (χ0) is 21.1. The van der Waals surface area contributed by atoms with Crippen LogP contribution in [0.25, 0.3) is 0 Å². The van der Waals surface area contributed by atoms with Gasteiger partial charge in [-0.1, -0.05) is 13.8 Å². The normalized spacial score (nSPS) is 49.0. The summed E-state index contributed by atoms with van der Waals surface area (Å²) >= 11 is 0. The van der Waals surface area contributed by atoms with Gasteiger partial charge >= 0.3 is 5.97 Å². The summed E-state index contributed by atoms with van der Waals surface area (Å²) in [7, 11) is 0. The molecule has 0 aliphatic heterocycles. The lowest BCUT2D eigenvalue weighted by Crippen LogP contribution is -2.63. The van der Waals surface area contributed by atoms with E-state index in [2.05, 4.69) is 13.8 Å². The molecule has 4 saturated carbocycles. The number of hydrogen-bond donors (Lipinski definition) is 2. The number of rotatable bonds is 3. The number of aliphatic hydroxyl groups excluding tert-OH is 2. The third-order valence-corrected chi connectivity index (χ3v) is 9.33. The van der Waals surface area contributed by atoms with Crippen molar-refractivity contribution in [1.82, 2.24) is 0 Å². The van der Waals surface area contributed by atoms with Gasteiger partial charge in [0.25, 0.3) is 0 Å². The van der Waals surface area contributed by atoms with Crippen LogP contribution in [0.5, 0.6) is 0 Å². The van der Waals surface area contributed by atoms with Crippen LogP contribution < -0.4 is 0 Å². The lowest BCUT2D eigenvalue weighted by Gasteiger charge is -2.63. The van der Waals surface area contributed by atoms with Crippen molar-refractivity contribution in [2.75, 3.05) is 6.61 Å². The van der Waals surface area contributed by atoms with Crippen LogP contribution in [-0.2, 0) is 19.1 Å². The second-order valence-electron chi connectivity index (χ2n) is 10.5. The molecule has 4 aliphatic rings. The predicted molar refractivity (Wildman–Crippen MR) is 105 cm³/mol. The highest BCUT2D eigenvalue weighted by Gasteiger charge is 2.66. The molecule has 0 saturated heterocycles. The highest BCUT2D eigenvalue weighted by molar-refractivity contribution is 5.83. The van der Waals surface area contributed by atoms with E-state index in [0.29, 0.717) is 18.8 Å². The molecule has 0 spiro atoms. The molecule has 29 heavy (non-hydrogen) atoms. The van der Waals surface area contributed by atoms with Gasteiger partial charge in [-0.3, -0.25) is 14.4 Å². The molecule has 162 valence electrons. The number of carbonyl (C=O) groups excluding carboxylic acids is 3. The largest absolute Gasteiger partial charge is 0.461 e. The molecule has 6 heteroatoms. The first-order chi connectivity index (χ1) is 13.6. The molecular weight excluding hydrogens is 372 g/mol. The van der Waals surface area contributed by atoms with Crippen LogP contribution in [0.2, 0.25) is 0 Å². The van der Waals surface area contributed by atoms with Crippen LogP contribution in [0.1, 0.15) is 65.7 Å². The Morgan fingerprint density at radius 1 is 1.14 bits per heavy atom. The maximum atomic E-state index is 12.4. The van der Waals surface area contributed by atoms with Crippen LogP contribution in [0.4, 0.5) is 0 Å². The summed E-state index contributed by atoms with van der Waals surface area (Å²) in [6, 6.07) is 0. The Morgan fingerprint density at radius 3 is 2.52 bits per heavy atom. The molecular formula is C23H34O6. The van der Waals surface area contributed by atoms with E-state index in [-0.39, 0.29) is 53.0 Å². The Bertz CT molecular complexity index is 716. The summed E-state index contributed by atoms with van der Waals surface area (Å²) in [5.41, 5.74) is -0.729. The first-order valence-electron chi connectivity index (χ1n) is 11.1. The van der Waals surface area contributed by atoms with E-state index in [1.165, 1.54) is 6.92 Å². The second kappa shape index (κ2) is 7.16. The topological polar surface area (TPSA) is 101 Å². The quantitative estimate of drug-likeness (QED) is 0.698. The lowest BCUT2D eigenvalue weighted by molar-refractivity contribution is -0.213. The monoisotopic (exact) mass is 406 g/mol. The van der Waals surface area contributed by atoms with Crippen molar-refractivity contribution in [3.63, 3.8) is 0 Å². The molecule has 6 nitrogen and oxygen atoms in total. The van der Waals surface area contributed by atoms with Crippen LogP contribution in [0, 0.1) is 40.4 Å². The van der Waals surface area contributed by atoms with Gasteiger partial charge in [-0.2, -0.15) is 0 Å². The molecule has 4 rings (SSSR count). The van der Waals surface area contributed by atoms with Gasteiger partial charge in [0, 0.05) is 31.1 Å². The van der Waals surface area contributed by atoms with E-state index >= 15 is 0 Å². The van der Waals surface area contributed by atoms with E-state index in [4.69, 9.17) is 4.74 Å². The van der Waals surface area contributed by atoms with Crippen LogP contribution in [0.15, 0.2) is 0 Å². The fourth-order valence-electron chi connectivity index (χ4n) is 8.20. The van der Waals surface area contributed by atoms with Crippen LogP contribution in [-0.4, -0.2) is 46.6 Å². The minimum absolute atomic E-state index is 0.0419. The summed E-state index contributed by atoms with van der Waals surface area (Å²) in [5.74, 6) is 0.0811. The number of ketones is 2. The molecule has 2 unspecified atom stereocenters. The predicted octanol–water partition coefficient (Wildman–Crippen LogP) is 2.29. The third kappa shape index (κ3) is 3.01. The molecule has 0 heterocycles. The number of hydrogen-bond acceptors (Lipinski definition) is 6. The average Bonchev–Trinajstić information content (AvgIpc) is 2.98. The molecule has 0 amide bonds. The third-order valence-electron chi connectivity index (χ3n) is 9.33. The van der Waals surface area contributed by atoms with Gasteiger partial charge in [0.1, 0.15) is 18.5 Å². The van der Waals surface area contributed by atoms with Gasteiger partial charge in [0.15, 0.2) is 5.78 Å². The van der Waals surface area contributed by atoms with E-state index in [9.17, 15) is 24.6 Å². The van der Waals surface area contributed by atoms with Crippen molar-refractivity contribution < 1.29 is 29.3 Å². The Balaban J connectivity index is 1.71. The number of aliphatic hydroxyl groups is 2. The van der Waals surface area contributed by atoms with Crippen molar-refractivity contribution in [2.45, 2.75) is 77.9 Å². The number of carbonyl (C=O) groups is 3. The van der Waals surface area contributed by atoms with E-state index < -0.39 is 24.2 Å². The average molecular weight is 407 g/mol. The standard InChI is InChI=1S/C23H34O6/c1-12(25)29-20-9-14(26)8-13-4-5-15-16-6-7-17(19(28)11-24)22(16,2)10-18(27)21(15)23(13,20)3/h13,15-18,20-21,24,27H,4-11H2,1-3H3/t13?,15-,16-,17+,18-,20?,21+,22-,23+/m0/s1. The summed E-state index contributed by atoms with van der Waals surface area (Å²) in [4.78, 5) is 36.6. The van der Waals surface area contributed by atoms with Crippen LogP contribution in [0.3, 0.4) is 0 Å². The Kier molecular flexibility index (Phi) is 5.18. The minimum Gasteiger partial charge on any atom is -0.461 e. The first-order valence-corrected chi connectivity index (χ1v) is 11.1. The maximum Gasteiger partial charge on any atom is 0.302 e.